The standard InChI is InChI=1S/C22H24N2O5/c1-3-12-29-17-8-6-15(7-9-17)20(25)18-19(16-5-4-10-23-14-16)24(11-13-28-2)22(27)21(18)26/h4-10,14,19,25H,3,11-13H2,1-2H3/t19-/m0/s1. The van der Waals surface area contributed by atoms with Crippen LogP contribution in [0.15, 0.2) is 54.4 Å². The lowest BCUT2D eigenvalue weighted by molar-refractivity contribution is -0.140. The number of benzene rings is 1. The number of methoxy groups -OCH3 is 1. The first kappa shape index (κ1) is 20.5. The zero-order chi connectivity index (χ0) is 20.8. The number of hydrogen-bond donors (Lipinski definition) is 1. The van der Waals surface area contributed by atoms with Gasteiger partial charge < -0.3 is 19.5 Å². The minimum absolute atomic E-state index is 0.0429. The van der Waals surface area contributed by atoms with Gasteiger partial charge in [0.15, 0.2) is 0 Å². The highest BCUT2D eigenvalue weighted by Crippen LogP contribution is 2.39. The van der Waals surface area contributed by atoms with E-state index in [4.69, 9.17) is 9.47 Å². The third kappa shape index (κ3) is 4.30. The molecule has 1 aliphatic rings. The van der Waals surface area contributed by atoms with E-state index in [0.29, 0.717) is 23.5 Å². The van der Waals surface area contributed by atoms with Crippen LogP contribution in [0.2, 0.25) is 0 Å². The number of hydrogen-bond acceptors (Lipinski definition) is 6. The lowest BCUT2D eigenvalue weighted by Gasteiger charge is -2.24. The SMILES string of the molecule is CCCOc1ccc(C(O)=C2C(=O)C(=O)N(CCOC)[C@H]2c2cccnc2)cc1. The summed E-state index contributed by atoms with van der Waals surface area (Å²) in [7, 11) is 1.53. The van der Waals surface area contributed by atoms with Crippen molar-refractivity contribution in [2.24, 2.45) is 0 Å². The molecule has 0 spiro atoms. The van der Waals surface area contributed by atoms with E-state index in [9.17, 15) is 14.7 Å². The summed E-state index contributed by atoms with van der Waals surface area (Å²) in [5.74, 6) is -0.939. The van der Waals surface area contributed by atoms with Gasteiger partial charge in [-0.2, -0.15) is 0 Å². The molecule has 1 fully saturated rings. The van der Waals surface area contributed by atoms with Crippen molar-refractivity contribution in [3.8, 4) is 5.75 Å². The number of aliphatic hydroxyl groups is 1. The Bertz CT molecular complexity index is 893. The second kappa shape index (κ2) is 9.34. The number of ketones is 1. The maximum atomic E-state index is 12.8. The molecular formula is C22H24N2O5. The Balaban J connectivity index is 2.03. The molecule has 3 rings (SSSR count). The van der Waals surface area contributed by atoms with Gasteiger partial charge in [0.2, 0.25) is 0 Å². The molecule has 1 aliphatic heterocycles. The van der Waals surface area contributed by atoms with E-state index in [0.717, 1.165) is 6.42 Å². The van der Waals surface area contributed by atoms with Crippen molar-refractivity contribution in [1.29, 1.82) is 0 Å². The third-order valence-corrected chi connectivity index (χ3v) is 4.68. The summed E-state index contributed by atoms with van der Waals surface area (Å²) in [5, 5.41) is 10.9. The summed E-state index contributed by atoms with van der Waals surface area (Å²) >= 11 is 0. The van der Waals surface area contributed by atoms with E-state index in [1.54, 1.807) is 48.8 Å². The normalized spacial score (nSPS) is 18.3. The molecule has 152 valence electrons. The van der Waals surface area contributed by atoms with Crippen molar-refractivity contribution in [2.45, 2.75) is 19.4 Å². The number of carbonyl (C=O) groups is 2. The van der Waals surface area contributed by atoms with Crippen LogP contribution in [0.5, 0.6) is 5.75 Å². The highest BCUT2D eigenvalue weighted by molar-refractivity contribution is 6.46. The van der Waals surface area contributed by atoms with Crippen molar-refractivity contribution in [2.75, 3.05) is 26.9 Å². The van der Waals surface area contributed by atoms with Gasteiger partial charge >= 0.3 is 0 Å². The predicted octanol–water partition coefficient (Wildman–Crippen LogP) is 2.94. The van der Waals surface area contributed by atoms with E-state index >= 15 is 0 Å². The Morgan fingerprint density at radius 1 is 1.17 bits per heavy atom. The molecule has 7 heteroatoms. The zero-order valence-corrected chi connectivity index (χ0v) is 16.5. The Kier molecular flexibility index (Phi) is 6.61. The summed E-state index contributed by atoms with van der Waals surface area (Å²) in [6, 6.07) is 9.57. The molecule has 2 aromatic rings. The maximum Gasteiger partial charge on any atom is 0.295 e. The average Bonchev–Trinajstić information content (AvgIpc) is 3.01. The van der Waals surface area contributed by atoms with Gasteiger partial charge in [-0.3, -0.25) is 14.6 Å². The van der Waals surface area contributed by atoms with Gasteiger partial charge in [0.1, 0.15) is 11.5 Å². The number of pyridine rings is 1. The van der Waals surface area contributed by atoms with Crippen LogP contribution in [0.1, 0.15) is 30.5 Å². The summed E-state index contributed by atoms with van der Waals surface area (Å²) < 4.78 is 10.6. The van der Waals surface area contributed by atoms with Crippen LogP contribution in [-0.2, 0) is 14.3 Å². The number of amides is 1. The van der Waals surface area contributed by atoms with Gasteiger partial charge in [-0.05, 0) is 42.3 Å². The zero-order valence-electron chi connectivity index (χ0n) is 16.5. The van der Waals surface area contributed by atoms with Gasteiger partial charge in [0.05, 0.1) is 24.8 Å². The number of nitrogens with zero attached hydrogens (tertiary/aromatic N) is 2. The summed E-state index contributed by atoms with van der Waals surface area (Å²) in [6.45, 7) is 3.10. The van der Waals surface area contributed by atoms with Crippen LogP contribution in [0, 0.1) is 0 Å². The number of likely N-dealkylation sites (tertiary alicyclic amines) is 1. The summed E-state index contributed by atoms with van der Waals surface area (Å²) in [5.41, 5.74) is 1.13. The van der Waals surface area contributed by atoms with Crippen LogP contribution in [0.4, 0.5) is 0 Å². The molecule has 1 saturated heterocycles. The molecule has 0 aliphatic carbocycles. The second-order valence-corrected chi connectivity index (χ2v) is 6.64. The van der Waals surface area contributed by atoms with Crippen molar-refractivity contribution >= 4 is 17.4 Å². The Hall–Kier alpha value is -3.19. The maximum absolute atomic E-state index is 12.8. The molecule has 29 heavy (non-hydrogen) atoms. The molecule has 0 radical (unpaired) electrons. The van der Waals surface area contributed by atoms with Crippen molar-refractivity contribution in [3.05, 3.63) is 65.5 Å². The fourth-order valence-electron chi connectivity index (χ4n) is 3.27. The molecule has 1 amide bonds. The smallest absolute Gasteiger partial charge is 0.295 e. The third-order valence-electron chi connectivity index (χ3n) is 4.68. The van der Waals surface area contributed by atoms with E-state index in [2.05, 4.69) is 4.98 Å². The van der Waals surface area contributed by atoms with Crippen molar-refractivity contribution in [3.63, 3.8) is 0 Å². The Labute approximate surface area is 169 Å². The molecular weight excluding hydrogens is 372 g/mol. The molecule has 1 aromatic heterocycles. The highest BCUT2D eigenvalue weighted by atomic mass is 16.5. The Morgan fingerprint density at radius 2 is 1.93 bits per heavy atom. The van der Waals surface area contributed by atoms with Gasteiger partial charge in [0.25, 0.3) is 11.7 Å². The fraction of sp³-hybridized carbons (Fsp3) is 0.318. The van der Waals surface area contributed by atoms with Crippen LogP contribution < -0.4 is 4.74 Å². The second-order valence-electron chi connectivity index (χ2n) is 6.64. The van der Waals surface area contributed by atoms with E-state index in [1.807, 2.05) is 6.92 Å². The van der Waals surface area contributed by atoms with Crippen LogP contribution >= 0.6 is 0 Å². The first-order valence-electron chi connectivity index (χ1n) is 9.49. The molecule has 1 N–H and O–H groups in total. The van der Waals surface area contributed by atoms with Gasteiger partial charge in [-0.25, -0.2) is 0 Å². The molecule has 2 heterocycles. The topological polar surface area (TPSA) is 89.0 Å². The number of aliphatic hydroxyl groups excluding tert-OH is 1. The molecule has 0 unspecified atom stereocenters. The van der Waals surface area contributed by atoms with E-state index in [-0.39, 0.29) is 24.5 Å². The molecule has 1 atom stereocenters. The van der Waals surface area contributed by atoms with Gasteiger partial charge in [0, 0.05) is 31.6 Å². The molecule has 0 saturated carbocycles. The molecule has 7 nitrogen and oxygen atoms in total. The number of Topliss-reactive ketones (excluding diaryl/α,β-unsaturated/α-hetero) is 1. The Morgan fingerprint density at radius 3 is 2.55 bits per heavy atom. The van der Waals surface area contributed by atoms with Gasteiger partial charge in [-0.15, -0.1) is 0 Å². The van der Waals surface area contributed by atoms with E-state index < -0.39 is 17.7 Å². The first-order valence-corrected chi connectivity index (χ1v) is 9.49. The summed E-state index contributed by atoms with van der Waals surface area (Å²) in [4.78, 5) is 30.9. The summed E-state index contributed by atoms with van der Waals surface area (Å²) in [6.07, 6.45) is 4.09. The number of carbonyl (C=O) groups excluding carboxylic acids is 2. The quantitative estimate of drug-likeness (QED) is 0.419. The molecule has 0 bridgehead atoms. The van der Waals surface area contributed by atoms with Crippen LogP contribution in [0.3, 0.4) is 0 Å². The first-order chi connectivity index (χ1) is 14.1. The molecule has 1 aromatic carbocycles. The van der Waals surface area contributed by atoms with Crippen molar-refractivity contribution < 1.29 is 24.2 Å². The lowest BCUT2D eigenvalue weighted by Crippen LogP contribution is -2.32. The fourth-order valence-corrected chi connectivity index (χ4v) is 3.27. The monoisotopic (exact) mass is 396 g/mol. The van der Waals surface area contributed by atoms with Gasteiger partial charge in [-0.1, -0.05) is 13.0 Å². The van der Waals surface area contributed by atoms with E-state index in [1.165, 1.54) is 12.0 Å². The van der Waals surface area contributed by atoms with Crippen molar-refractivity contribution in [1.82, 2.24) is 9.88 Å². The minimum Gasteiger partial charge on any atom is -0.507 e. The highest BCUT2D eigenvalue weighted by Gasteiger charge is 2.45. The minimum atomic E-state index is -0.727. The largest absolute Gasteiger partial charge is 0.507 e. The van der Waals surface area contributed by atoms with Crippen LogP contribution in [0.25, 0.3) is 5.76 Å². The number of rotatable bonds is 8. The van der Waals surface area contributed by atoms with Crippen LogP contribution in [-0.4, -0.2) is 53.5 Å². The lowest BCUT2D eigenvalue weighted by atomic mass is 9.96. The number of ether oxygens (including phenoxy) is 2. The number of aromatic nitrogens is 1. The average molecular weight is 396 g/mol. The predicted molar refractivity (Wildman–Crippen MR) is 107 cm³/mol.